The van der Waals surface area contributed by atoms with Crippen LogP contribution in [0.25, 0.3) is 22.2 Å². The summed E-state index contributed by atoms with van der Waals surface area (Å²) in [6.45, 7) is 6.52. The zero-order chi connectivity index (χ0) is 22.1. The quantitative estimate of drug-likeness (QED) is 0.468. The molecule has 4 heterocycles. The number of rotatable bonds is 6. The summed E-state index contributed by atoms with van der Waals surface area (Å²) in [6.07, 6.45) is 2.34. The maximum absolute atomic E-state index is 13.2. The van der Waals surface area contributed by atoms with E-state index >= 15 is 0 Å². The number of nitrogens with zero attached hydrogens (tertiary/aromatic N) is 7. The number of ether oxygens (including phenoxy) is 1. The van der Waals surface area contributed by atoms with Crippen LogP contribution in [0.2, 0.25) is 0 Å². The summed E-state index contributed by atoms with van der Waals surface area (Å²) in [5.74, 6) is 2.26. The number of carbonyl (C=O) groups is 1. The average Bonchev–Trinajstić information content (AvgIpc) is 3.49. The van der Waals surface area contributed by atoms with Gasteiger partial charge in [-0.05, 0) is 18.6 Å². The van der Waals surface area contributed by atoms with E-state index in [4.69, 9.17) is 4.74 Å². The van der Waals surface area contributed by atoms with E-state index in [0.717, 1.165) is 23.6 Å². The predicted octanol–water partition coefficient (Wildman–Crippen LogP) is 1.69. The molecule has 2 N–H and O–H groups in total. The number of hydrogen-bond acceptors (Lipinski definition) is 8. The smallest absolute Gasteiger partial charge is 0.263 e. The molecule has 11 heteroatoms. The Morgan fingerprint density at radius 2 is 2.00 bits per heavy atom. The van der Waals surface area contributed by atoms with E-state index in [2.05, 4.69) is 40.2 Å². The molecule has 0 aliphatic carbocycles. The predicted molar refractivity (Wildman–Crippen MR) is 118 cm³/mol. The molecule has 0 saturated carbocycles. The van der Waals surface area contributed by atoms with Crippen molar-refractivity contribution in [3.8, 4) is 5.75 Å². The molecule has 1 unspecified atom stereocenters. The highest BCUT2D eigenvalue weighted by molar-refractivity contribution is 5.85. The second kappa shape index (κ2) is 8.40. The molecule has 166 valence electrons. The summed E-state index contributed by atoms with van der Waals surface area (Å²) < 4.78 is 6.07. The number of aromatic amines is 2. The molecule has 1 atom stereocenters. The molecule has 3 aromatic heterocycles. The lowest BCUT2D eigenvalue weighted by molar-refractivity contribution is -0.139. The van der Waals surface area contributed by atoms with Crippen molar-refractivity contribution in [3.05, 3.63) is 30.4 Å². The molecule has 1 aromatic carbocycles. The Morgan fingerprint density at radius 1 is 1.16 bits per heavy atom. The number of imidazole rings is 1. The average molecular weight is 435 g/mol. The van der Waals surface area contributed by atoms with E-state index in [9.17, 15) is 4.79 Å². The molecule has 0 radical (unpaired) electrons. The minimum atomic E-state index is -0.575. The summed E-state index contributed by atoms with van der Waals surface area (Å²) >= 11 is 0. The van der Waals surface area contributed by atoms with Gasteiger partial charge in [0.2, 0.25) is 0 Å². The third-order valence-corrected chi connectivity index (χ3v) is 5.77. The van der Waals surface area contributed by atoms with Crippen LogP contribution in [0.4, 0.5) is 5.82 Å². The fourth-order valence-electron chi connectivity index (χ4n) is 4.01. The van der Waals surface area contributed by atoms with Gasteiger partial charge in [-0.25, -0.2) is 15.0 Å². The molecule has 4 aromatic rings. The first-order valence-electron chi connectivity index (χ1n) is 10.9. The molecule has 1 aliphatic rings. The summed E-state index contributed by atoms with van der Waals surface area (Å²) in [4.78, 5) is 33.8. The topological polar surface area (TPSA) is 129 Å². The number of hydrogen-bond donors (Lipinski definition) is 2. The van der Waals surface area contributed by atoms with Crippen molar-refractivity contribution < 1.29 is 9.53 Å². The Hall–Kier alpha value is -3.76. The van der Waals surface area contributed by atoms with Gasteiger partial charge in [-0.3, -0.25) is 4.79 Å². The number of para-hydroxylation sites is 1. The Labute approximate surface area is 184 Å². The highest BCUT2D eigenvalue weighted by atomic mass is 16.5. The maximum Gasteiger partial charge on any atom is 0.263 e. The molecule has 5 rings (SSSR count). The first kappa shape index (κ1) is 20.2. The molecule has 1 aliphatic heterocycles. The zero-order valence-electron chi connectivity index (χ0n) is 18.1. The van der Waals surface area contributed by atoms with Crippen LogP contribution in [0.3, 0.4) is 0 Å². The van der Waals surface area contributed by atoms with Crippen molar-refractivity contribution in [3.63, 3.8) is 0 Å². The first-order chi connectivity index (χ1) is 15.7. The largest absolute Gasteiger partial charge is 0.478 e. The van der Waals surface area contributed by atoms with Gasteiger partial charge in [0.1, 0.15) is 28.9 Å². The highest BCUT2D eigenvalue weighted by Gasteiger charge is 2.29. The van der Waals surface area contributed by atoms with Crippen molar-refractivity contribution in [1.29, 1.82) is 0 Å². The number of aryl methyl sites for hydroxylation is 1. The van der Waals surface area contributed by atoms with E-state index < -0.39 is 6.10 Å². The number of amides is 1. The van der Waals surface area contributed by atoms with E-state index in [1.165, 1.54) is 0 Å². The Kier molecular flexibility index (Phi) is 5.29. The van der Waals surface area contributed by atoms with Crippen LogP contribution in [0.1, 0.15) is 26.1 Å². The van der Waals surface area contributed by atoms with Crippen molar-refractivity contribution in [1.82, 2.24) is 40.2 Å². The van der Waals surface area contributed by atoms with Gasteiger partial charge >= 0.3 is 0 Å². The van der Waals surface area contributed by atoms with Crippen LogP contribution in [-0.2, 0) is 11.2 Å². The molecule has 1 amide bonds. The van der Waals surface area contributed by atoms with Gasteiger partial charge in [0.15, 0.2) is 23.1 Å². The summed E-state index contributed by atoms with van der Waals surface area (Å²) in [6, 6.07) is 5.51. The molecular formula is C21H25N9O2. The fraction of sp³-hybridized carbons (Fsp3) is 0.429. The number of piperazine rings is 1. The van der Waals surface area contributed by atoms with Crippen molar-refractivity contribution in [2.45, 2.75) is 32.8 Å². The van der Waals surface area contributed by atoms with Crippen LogP contribution in [0, 0.1) is 0 Å². The van der Waals surface area contributed by atoms with E-state index in [1.807, 2.05) is 36.9 Å². The number of carbonyl (C=O) groups excluding carboxylic acids is 1. The van der Waals surface area contributed by atoms with Crippen LogP contribution in [0.5, 0.6) is 5.75 Å². The number of aromatic nitrogens is 7. The van der Waals surface area contributed by atoms with Crippen molar-refractivity contribution >= 4 is 33.9 Å². The molecule has 0 spiro atoms. The second-order valence-corrected chi connectivity index (χ2v) is 7.71. The lowest BCUT2D eigenvalue weighted by Gasteiger charge is -2.36. The Balaban J connectivity index is 1.28. The highest BCUT2D eigenvalue weighted by Crippen LogP contribution is 2.25. The van der Waals surface area contributed by atoms with E-state index in [1.54, 1.807) is 6.33 Å². The number of H-pyrrole nitrogens is 2. The SMILES string of the molecule is CCc1nc2ncnc(N3CCN(C(=O)C(CC)Oc4cccc5n[nH]nc45)CC3)c2[nH]1. The van der Waals surface area contributed by atoms with Crippen LogP contribution in [-0.4, -0.2) is 78.4 Å². The lowest BCUT2D eigenvalue weighted by atomic mass is 10.2. The lowest BCUT2D eigenvalue weighted by Crippen LogP contribution is -2.52. The number of benzene rings is 1. The molecule has 32 heavy (non-hydrogen) atoms. The molecule has 0 bridgehead atoms. The van der Waals surface area contributed by atoms with Gasteiger partial charge in [-0.15, -0.1) is 0 Å². The van der Waals surface area contributed by atoms with Gasteiger partial charge in [-0.1, -0.05) is 19.9 Å². The normalized spacial score (nSPS) is 15.4. The van der Waals surface area contributed by atoms with Gasteiger partial charge in [0.25, 0.3) is 5.91 Å². The van der Waals surface area contributed by atoms with Gasteiger partial charge in [0.05, 0.1) is 0 Å². The summed E-state index contributed by atoms with van der Waals surface area (Å²) in [7, 11) is 0. The first-order valence-corrected chi connectivity index (χ1v) is 10.9. The number of nitrogens with one attached hydrogen (secondary N) is 2. The Bertz CT molecular complexity index is 1240. The molecular weight excluding hydrogens is 410 g/mol. The molecule has 11 nitrogen and oxygen atoms in total. The zero-order valence-corrected chi connectivity index (χ0v) is 18.1. The van der Waals surface area contributed by atoms with Crippen molar-refractivity contribution in [2.24, 2.45) is 0 Å². The van der Waals surface area contributed by atoms with Gasteiger partial charge < -0.3 is 19.5 Å². The standard InChI is InChI=1S/C21H25N9O2/c1-3-14(32-15-7-5-6-13-17(15)27-28-26-13)21(31)30-10-8-29(9-11-30)20-18-19(22-12-23-20)25-16(4-2)24-18/h5-7,12,14H,3-4,8-11H2,1-2H3,(H,26,27,28)(H,22,23,24,25). The minimum Gasteiger partial charge on any atom is -0.478 e. The maximum atomic E-state index is 13.2. The van der Waals surface area contributed by atoms with Gasteiger partial charge in [-0.2, -0.15) is 15.4 Å². The summed E-state index contributed by atoms with van der Waals surface area (Å²) in [5, 5.41) is 10.8. The fourth-order valence-corrected chi connectivity index (χ4v) is 4.01. The van der Waals surface area contributed by atoms with E-state index in [0.29, 0.717) is 55.0 Å². The monoisotopic (exact) mass is 435 g/mol. The van der Waals surface area contributed by atoms with E-state index in [-0.39, 0.29) is 5.91 Å². The Morgan fingerprint density at radius 3 is 2.78 bits per heavy atom. The van der Waals surface area contributed by atoms with Crippen LogP contribution >= 0.6 is 0 Å². The number of fused-ring (bicyclic) bond motifs is 2. The van der Waals surface area contributed by atoms with Crippen LogP contribution in [0.15, 0.2) is 24.5 Å². The van der Waals surface area contributed by atoms with Crippen molar-refractivity contribution in [2.75, 3.05) is 31.1 Å². The second-order valence-electron chi connectivity index (χ2n) is 7.71. The third-order valence-electron chi connectivity index (χ3n) is 5.77. The van der Waals surface area contributed by atoms with Gasteiger partial charge in [0, 0.05) is 32.6 Å². The summed E-state index contributed by atoms with van der Waals surface area (Å²) in [5.41, 5.74) is 2.86. The van der Waals surface area contributed by atoms with Crippen LogP contribution < -0.4 is 9.64 Å². The number of anilines is 1. The third kappa shape index (κ3) is 3.59. The molecule has 1 fully saturated rings. The minimum absolute atomic E-state index is 0.0182. The molecule has 1 saturated heterocycles.